The van der Waals surface area contributed by atoms with Gasteiger partial charge in [-0.2, -0.15) is 0 Å². The summed E-state index contributed by atoms with van der Waals surface area (Å²) in [5.41, 5.74) is -1.57. The third-order valence-electron chi connectivity index (χ3n) is 3.86. The molecule has 3 unspecified atom stereocenters. The second-order valence-electron chi connectivity index (χ2n) is 5.47. The molecule has 0 aromatic heterocycles. The summed E-state index contributed by atoms with van der Waals surface area (Å²) in [6, 6.07) is 0. The monoisotopic (exact) mass is 256 g/mol. The van der Waals surface area contributed by atoms with Gasteiger partial charge in [0.25, 0.3) is 0 Å². The lowest BCUT2D eigenvalue weighted by atomic mass is 9.88. The lowest BCUT2D eigenvalue weighted by Crippen LogP contribution is -2.42. The highest BCUT2D eigenvalue weighted by molar-refractivity contribution is 5.96. The van der Waals surface area contributed by atoms with E-state index in [2.05, 4.69) is 6.58 Å². The van der Waals surface area contributed by atoms with Crippen molar-refractivity contribution in [2.24, 2.45) is 5.92 Å². The summed E-state index contributed by atoms with van der Waals surface area (Å²) in [5.74, 6) is -0.107. The summed E-state index contributed by atoms with van der Waals surface area (Å²) in [5, 5.41) is 10.1. The van der Waals surface area contributed by atoms with Crippen LogP contribution in [0.4, 0.5) is 0 Å². The molecular formula is C15H28O3. The Bertz CT molecular complexity index is 283. The van der Waals surface area contributed by atoms with Crippen LogP contribution in [0.1, 0.15) is 53.9 Å². The molecule has 106 valence electrons. The maximum absolute atomic E-state index is 11.8. The van der Waals surface area contributed by atoms with E-state index in [1.54, 1.807) is 13.8 Å². The van der Waals surface area contributed by atoms with Crippen LogP contribution < -0.4 is 0 Å². The van der Waals surface area contributed by atoms with Gasteiger partial charge in [-0.25, -0.2) is 0 Å². The Morgan fingerprint density at radius 2 is 2.00 bits per heavy atom. The molecule has 0 bridgehead atoms. The maximum Gasteiger partial charge on any atom is 0.186 e. The predicted octanol–water partition coefficient (Wildman–Crippen LogP) is 3.11. The van der Waals surface area contributed by atoms with E-state index in [9.17, 15) is 9.90 Å². The highest BCUT2D eigenvalue weighted by Gasteiger charge is 2.34. The highest BCUT2D eigenvalue weighted by Crippen LogP contribution is 2.25. The Morgan fingerprint density at radius 3 is 2.39 bits per heavy atom. The summed E-state index contributed by atoms with van der Waals surface area (Å²) in [7, 11) is 0. The molecule has 18 heavy (non-hydrogen) atoms. The van der Waals surface area contributed by atoms with Crippen molar-refractivity contribution in [3.05, 3.63) is 12.7 Å². The third kappa shape index (κ3) is 4.54. The van der Waals surface area contributed by atoms with Gasteiger partial charge >= 0.3 is 0 Å². The van der Waals surface area contributed by atoms with Crippen molar-refractivity contribution in [2.75, 3.05) is 6.61 Å². The first-order valence-electron chi connectivity index (χ1n) is 6.76. The van der Waals surface area contributed by atoms with Crippen molar-refractivity contribution < 1.29 is 14.6 Å². The molecule has 0 aromatic rings. The van der Waals surface area contributed by atoms with Crippen LogP contribution in [0, 0.1) is 5.92 Å². The fourth-order valence-electron chi connectivity index (χ4n) is 1.80. The molecule has 0 aromatic carbocycles. The van der Waals surface area contributed by atoms with E-state index in [0.29, 0.717) is 19.4 Å². The number of hydrogen-bond acceptors (Lipinski definition) is 3. The van der Waals surface area contributed by atoms with Crippen molar-refractivity contribution in [3.8, 4) is 0 Å². The molecule has 0 aliphatic heterocycles. The molecule has 0 aliphatic rings. The van der Waals surface area contributed by atoms with Crippen LogP contribution in [0.2, 0.25) is 0 Å². The molecule has 0 saturated heterocycles. The summed E-state index contributed by atoms with van der Waals surface area (Å²) in [6.45, 7) is 13.4. The number of carbonyl (C=O) groups is 1. The van der Waals surface area contributed by atoms with Gasteiger partial charge in [0.2, 0.25) is 0 Å². The Hall–Kier alpha value is -0.670. The van der Waals surface area contributed by atoms with E-state index in [4.69, 9.17) is 4.74 Å². The Kier molecular flexibility index (Phi) is 6.79. The second-order valence-corrected chi connectivity index (χ2v) is 5.47. The third-order valence-corrected chi connectivity index (χ3v) is 3.86. The summed E-state index contributed by atoms with van der Waals surface area (Å²) in [6.07, 6.45) is 3.52. The minimum absolute atomic E-state index is 0.0173. The fourth-order valence-corrected chi connectivity index (χ4v) is 1.80. The van der Waals surface area contributed by atoms with Crippen LogP contribution in [0.15, 0.2) is 12.7 Å². The van der Waals surface area contributed by atoms with Gasteiger partial charge in [-0.1, -0.05) is 33.8 Å². The van der Waals surface area contributed by atoms with Crippen molar-refractivity contribution >= 4 is 5.78 Å². The van der Waals surface area contributed by atoms with E-state index >= 15 is 0 Å². The van der Waals surface area contributed by atoms with Gasteiger partial charge < -0.3 is 9.84 Å². The molecular weight excluding hydrogens is 228 g/mol. The summed E-state index contributed by atoms with van der Waals surface area (Å²) in [4.78, 5) is 11.8. The van der Waals surface area contributed by atoms with E-state index in [1.807, 2.05) is 20.8 Å². The molecule has 3 heteroatoms. The second kappa shape index (κ2) is 7.05. The number of ether oxygens (including phenoxy) is 1. The molecule has 0 spiro atoms. The Labute approximate surface area is 111 Å². The van der Waals surface area contributed by atoms with Crippen LogP contribution >= 0.6 is 0 Å². The normalized spacial score (nSPS) is 19.7. The number of carbonyl (C=O) groups excluding carboxylic acids is 1. The molecule has 0 fully saturated rings. The smallest absolute Gasteiger partial charge is 0.186 e. The van der Waals surface area contributed by atoms with E-state index in [0.717, 1.165) is 6.42 Å². The standard InChI is InChI=1S/C15H28O3/c1-7-10-15(6,13(16)8-2)18-11-12(4)14(5,17)9-3/h8,12,17H,2,7,9-11H2,1,3-6H3. The van der Waals surface area contributed by atoms with Gasteiger partial charge in [-0.05, 0) is 32.8 Å². The summed E-state index contributed by atoms with van der Waals surface area (Å²) >= 11 is 0. The maximum atomic E-state index is 11.8. The SMILES string of the molecule is C=CC(=O)C(C)(CCC)OCC(C)C(C)(O)CC. The zero-order valence-corrected chi connectivity index (χ0v) is 12.5. The number of ketones is 1. The van der Waals surface area contributed by atoms with Gasteiger partial charge in [-0.3, -0.25) is 4.79 Å². The van der Waals surface area contributed by atoms with Crippen LogP contribution in [0.5, 0.6) is 0 Å². The molecule has 0 radical (unpaired) electrons. The highest BCUT2D eigenvalue weighted by atomic mass is 16.5. The van der Waals surface area contributed by atoms with E-state index in [1.165, 1.54) is 6.08 Å². The Morgan fingerprint density at radius 1 is 1.44 bits per heavy atom. The van der Waals surface area contributed by atoms with Crippen LogP contribution in [0.3, 0.4) is 0 Å². The largest absolute Gasteiger partial charge is 0.390 e. The number of hydrogen-bond donors (Lipinski definition) is 1. The zero-order chi connectivity index (χ0) is 14.4. The molecule has 1 N–H and O–H groups in total. The summed E-state index contributed by atoms with van der Waals surface area (Å²) < 4.78 is 5.79. The van der Waals surface area contributed by atoms with Gasteiger partial charge in [0.1, 0.15) is 5.60 Å². The van der Waals surface area contributed by atoms with Crippen molar-refractivity contribution in [2.45, 2.75) is 65.1 Å². The first kappa shape index (κ1) is 17.3. The van der Waals surface area contributed by atoms with Crippen LogP contribution in [-0.4, -0.2) is 28.7 Å². The molecule has 3 atom stereocenters. The topological polar surface area (TPSA) is 46.5 Å². The predicted molar refractivity (Wildman–Crippen MR) is 74.5 cm³/mol. The molecule has 0 saturated carbocycles. The average Bonchev–Trinajstić information content (AvgIpc) is 2.35. The zero-order valence-electron chi connectivity index (χ0n) is 12.5. The first-order valence-corrected chi connectivity index (χ1v) is 6.76. The Balaban J connectivity index is 4.63. The van der Waals surface area contributed by atoms with Crippen LogP contribution in [-0.2, 0) is 9.53 Å². The van der Waals surface area contributed by atoms with E-state index in [-0.39, 0.29) is 11.7 Å². The molecule has 0 heterocycles. The van der Waals surface area contributed by atoms with Crippen molar-refractivity contribution in [1.82, 2.24) is 0 Å². The molecule has 0 rings (SSSR count). The van der Waals surface area contributed by atoms with Gasteiger partial charge in [-0.15, -0.1) is 0 Å². The van der Waals surface area contributed by atoms with Crippen molar-refractivity contribution in [3.63, 3.8) is 0 Å². The quantitative estimate of drug-likeness (QED) is 0.645. The molecule has 3 nitrogen and oxygen atoms in total. The molecule has 0 aliphatic carbocycles. The minimum atomic E-state index is -0.811. The van der Waals surface area contributed by atoms with Crippen molar-refractivity contribution in [1.29, 1.82) is 0 Å². The lowest BCUT2D eigenvalue weighted by Gasteiger charge is -2.33. The van der Waals surface area contributed by atoms with E-state index < -0.39 is 11.2 Å². The average molecular weight is 256 g/mol. The van der Waals surface area contributed by atoms with Gasteiger partial charge in [0.15, 0.2) is 5.78 Å². The molecule has 0 amide bonds. The fraction of sp³-hybridized carbons (Fsp3) is 0.800. The van der Waals surface area contributed by atoms with Gasteiger partial charge in [0, 0.05) is 5.92 Å². The first-order chi connectivity index (χ1) is 8.23. The number of rotatable bonds is 9. The number of aliphatic hydroxyl groups is 1. The minimum Gasteiger partial charge on any atom is -0.390 e. The van der Waals surface area contributed by atoms with Gasteiger partial charge in [0.05, 0.1) is 12.2 Å². The lowest BCUT2D eigenvalue weighted by molar-refractivity contribution is -0.144. The van der Waals surface area contributed by atoms with Crippen LogP contribution in [0.25, 0.3) is 0 Å².